The lowest BCUT2D eigenvalue weighted by Gasteiger charge is -2.15. The first kappa shape index (κ1) is 25.2. The summed E-state index contributed by atoms with van der Waals surface area (Å²) in [6.45, 7) is 5.73. The maximum absolute atomic E-state index is 11.0. The molecule has 0 rings (SSSR count). The molecule has 0 spiro atoms. The molecule has 0 radical (unpaired) electrons. The van der Waals surface area contributed by atoms with Crippen LogP contribution >= 0.6 is 0 Å². The van der Waals surface area contributed by atoms with E-state index >= 15 is 0 Å². The fraction of sp³-hybridized carbons (Fsp3) is 0.560. The van der Waals surface area contributed by atoms with Crippen LogP contribution in [0.1, 0.15) is 85.0 Å². The molecule has 0 saturated heterocycles. The van der Waals surface area contributed by atoms with Crippen molar-refractivity contribution in [3.05, 3.63) is 60.8 Å². The van der Waals surface area contributed by atoms with Crippen molar-refractivity contribution in [2.24, 2.45) is 5.41 Å². The number of carboxylic acid groups (broad SMARTS) is 1. The number of carbonyl (C=O) groups is 1. The normalized spacial score (nSPS) is 13.3. The monoisotopic (exact) mass is 372 g/mol. The van der Waals surface area contributed by atoms with Crippen LogP contribution in [0.15, 0.2) is 60.8 Å². The number of hydrogen-bond acceptors (Lipinski definition) is 1. The highest BCUT2D eigenvalue weighted by atomic mass is 16.4. The van der Waals surface area contributed by atoms with Crippen LogP contribution in [0.3, 0.4) is 0 Å². The van der Waals surface area contributed by atoms with Crippen molar-refractivity contribution in [3.8, 4) is 0 Å². The van der Waals surface area contributed by atoms with E-state index < -0.39 is 11.4 Å². The Hall–Kier alpha value is -1.83. The summed E-state index contributed by atoms with van der Waals surface area (Å²) < 4.78 is 0. The molecule has 0 aromatic carbocycles. The molecule has 0 bridgehead atoms. The van der Waals surface area contributed by atoms with E-state index in [9.17, 15) is 4.79 Å². The number of unbranched alkanes of at least 4 members (excludes halogenated alkanes) is 8. The molecule has 0 heterocycles. The van der Waals surface area contributed by atoms with Gasteiger partial charge in [-0.3, -0.25) is 4.79 Å². The third kappa shape index (κ3) is 17.3. The summed E-state index contributed by atoms with van der Waals surface area (Å²) in [5.74, 6) is -0.767. The molecule has 0 aliphatic carbocycles. The van der Waals surface area contributed by atoms with Crippen LogP contribution in [0.2, 0.25) is 0 Å². The average Bonchev–Trinajstić information content (AvgIpc) is 2.63. The number of aliphatic carboxylic acids is 1. The lowest BCUT2D eigenvalue weighted by molar-refractivity contribution is -0.146. The van der Waals surface area contributed by atoms with Gasteiger partial charge in [0, 0.05) is 0 Å². The van der Waals surface area contributed by atoms with Gasteiger partial charge in [-0.05, 0) is 33.1 Å². The van der Waals surface area contributed by atoms with Gasteiger partial charge in [0.1, 0.15) is 0 Å². The highest BCUT2D eigenvalue weighted by Crippen LogP contribution is 2.20. The van der Waals surface area contributed by atoms with Crippen molar-refractivity contribution in [2.75, 3.05) is 0 Å². The number of hydrogen-bond donors (Lipinski definition) is 1. The molecule has 0 aliphatic rings. The first-order valence-corrected chi connectivity index (χ1v) is 10.6. The van der Waals surface area contributed by atoms with Gasteiger partial charge >= 0.3 is 5.97 Å². The Bertz CT molecular complexity index is 504. The summed E-state index contributed by atoms with van der Waals surface area (Å²) in [6, 6.07) is 0. The van der Waals surface area contributed by atoms with Crippen LogP contribution < -0.4 is 0 Å². The Morgan fingerprint density at radius 3 is 1.67 bits per heavy atom. The standard InChI is InChI=1S/C25H40O2/c1-4-5-6-7-8-9-10-11-12-13-14-15-16-17-18-19-20-21-22-23-25(2,3)24(26)27/h13-22H,4-12,23H2,1-3H3,(H,26,27)/b14-13-,16-15-,18-17-,20-19-,22-21-. The zero-order valence-electron chi connectivity index (χ0n) is 17.7. The van der Waals surface area contributed by atoms with Crippen LogP contribution in [0.4, 0.5) is 0 Å². The summed E-state index contributed by atoms with van der Waals surface area (Å²) in [5, 5.41) is 9.02. The molecule has 2 nitrogen and oxygen atoms in total. The Labute approximate surface area is 167 Å². The molecule has 152 valence electrons. The molecule has 2 heteroatoms. The molecule has 0 aromatic heterocycles. The van der Waals surface area contributed by atoms with Crippen molar-refractivity contribution in [1.82, 2.24) is 0 Å². The molecule has 27 heavy (non-hydrogen) atoms. The Kier molecular flexibility index (Phi) is 16.4. The van der Waals surface area contributed by atoms with E-state index in [0.29, 0.717) is 6.42 Å². The van der Waals surface area contributed by atoms with E-state index in [1.807, 2.05) is 42.5 Å². The van der Waals surface area contributed by atoms with Gasteiger partial charge in [-0.2, -0.15) is 0 Å². The SMILES string of the molecule is CCCCCCCCCC\C=C/C=C\C=C/C=C\C=C/CC(C)(C)C(=O)O. The molecule has 1 N–H and O–H groups in total. The molecule has 0 saturated carbocycles. The van der Waals surface area contributed by atoms with E-state index in [1.165, 1.54) is 57.8 Å². The van der Waals surface area contributed by atoms with E-state index in [1.54, 1.807) is 13.8 Å². The second-order valence-electron chi connectivity index (χ2n) is 7.67. The molecule has 0 amide bonds. The van der Waals surface area contributed by atoms with Crippen molar-refractivity contribution in [3.63, 3.8) is 0 Å². The first-order chi connectivity index (χ1) is 13.0. The Balaban J connectivity index is 3.66. The fourth-order valence-electron chi connectivity index (χ4n) is 2.48. The fourth-order valence-corrected chi connectivity index (χ4v) is 2.48. The largest absolute Gasteiger partial charge is 0.481 e. The van der Waals surface area contributed by atoms with Gasteiger partial charge in [0.05, 0.1) is 5.41 Å². The van der Waals surface area contributed by atoms with E-state index in [4.69, 9.17) is 5.11 Å². The minimum Gasteiger partial charge on any atom is -0.481 e. The van der Waals surface area contributed by atoms with Crippen LogP contribution in [-0.2, 0) is 4.79 Å². The minimum atomic E-state index is -0.767. The second kappa shape index (κ2) is 17.6. The number of rotatable bonds is 16. The van der Waals surface area contributed by atoms with Crippen LogP contribution in [0, 0.1) is 5.41 Å². The van der Waals surface area contributed by atoms with Crippen molar-refractivity contribution < 1.29 is 9.90 Å². The molecule has 0 unspecified atom stereocenters. The Morgan fingerprint density at radius 2 is 1.15 bits per heavy atom. The van der Waals surface area contributed by atoms with Gasteiger partial charge in [-0.1, -0.05) is 113 Å². The molecular weight excluding hydrogens is 332 g/mol. The topological polar surface area (TPSA) is 37.3 Å². The maximum Gasteiger partial charge on any atom is 0.309 e. The van der Waals surface area contributed by atoms with Gasteiger partial charge in [0.2, 0.25) is 0 Å². The highest BCUT2D eigenvalue weighted by Gasteiger charge is 2.24. The van der Waals surface area contributed by atoms with Crippen LogP contribution in [0.5, 0.6) is 0 Å². The summed E-state index contributed by atoms with van der Waals surface area (Å²) in [5.41, 5.74) is -0.704. The smallest absolute Gasteiger partial charge is 0.309 e. The molecule has 0 fully saturated rings. The maximum atomic E-state index is 11.0. The molecule has 0 atom stereocenters. The summed E-state index contributed by atoms with van der Waals surface area (Å²) >= 11 is 0. The first-order valence-electron chi connectivity index (χ1n) is 10.6. The van der Waals surface area contributed by atoms with Gasteiger partial charge < -0.3 is 5.11 Å². The number of carboxylic acids is 1. The summed E-state index contributed by atoms with van der Waals surface area (Å²) in [7, 11) is 0. The zero-order valence-corrected chi connectivity index (χ0v) is 17.7. The minimum absolute atomic E-state index is 0.528. The highest BCUT2D eigenvalue weighted by molar-refractivity contribution is 5.73. The van der Waals surface area contributed by atoms with Crippen LogP contribution in [-0.4, -0.2) is 11.1 Å². The van der Waals surface area contributed by atoms with E-state index in [-0.39, 0.29) is 0 Å². The quantitative estimate of drug-likeness (QED) is 0.222. The van der Waals surface area contributed by atoms with Gasteiger partial charge in [-0.25, -0.2) is 0 Å². The van der Waals surface area contributed by atoms with E-state index in [2.05, 4.69) is 25.2 Å². The second-order valence-corrected chi connectivity index (χ2v) is 7.67. The summed E-state index contributed by atoms with van der Waals surface area (Å²) in [4.78, 5) is 11.0. The Morgan fingerprint density at radius 1 is 0.704 bits per heavy atom. The zero-order chi connectivity index (χ0) is 20.2. The van der Waals surface area contributed by atoms with Gasteiger partial charge in [0.15, 0.2) is 0 Å². The molecule has 0 aromatic rings. The van der Waals surface area contributed by atoms with Crippen molar-refractivity contribution in [2.45, 2.75) is 85.0 Å². The van der Waals surface area contributed by atoms with Gasteiger partial charge in [-0.15, -0.1) is 0 Å². The van der Waals surface area contributed by atoms with Crippen molar-refractivity contribution in [1.29, 1.82) is 0 Å². The average molecular weight is 373 g/mol. The van der Waals surface area contributed by atoms with Crippen LogP contribution in [0.25, 0.3) is 0 Å². The van der Waals surface area contributed by atoms with Gasteiger partial charge in [0.25, 0.3) is 0 Å². The van der Waals surface area contributed by atoms with E-state index in [0.717, 1.165) is 0 Å². The number of allylic oxidation sites excluding steroid dienone is 10. The molecule has 0 aliphatic heterocycles. The lowest BCUT2D eigenvalue weighted by Crippen LogP contribution is -2.22. The molecular formula is C25H40O2. The predicted molar refractivity (Wildman–Crippen MR) is 119 cm³/mol. The predicted octanol–water partition coefficient (Wildman–Crippen LogP) is 7.80. The third-order valence-electron chi connectivity index (χ3n) is 4.48. The lowest BCUT2D eigenvalue weighted by atomic mass is 9.89. The third-order valence-corrected chi connectivity index (χ3v) is 4.48. The van der Waals surface area contributed by atoms with Crippen molar-refractivity contribution >= 4 is 5.97 Å². The summed E-state index contributed by atoms with van der Waals surface area (Å²) in [6.07, 6.45) is 32.7.